The third-order valence-corrected chi connectivity index (χ3v) is 12.0. The maximum Gasteiger partial charge on any atom is 0.416 e. The molecule has 6 nitrogen and oxygen atoms in total. The Kier molecular flexibility index (Phi) is 9.54. The fourth-order valence-corrected chi connectivity index (χ4v) is 9.74. The molecule has 1 fully saturated rings. The smallest absolute Gasteiger partial charge is 0.396 e. The van der Waals surface area contributed by atoms with Gasteiger partial charge in [-0.05, 0) is 67.6 Å². The third kappa shape index (κ3) is 6.27. The van der Waals surface area contributed by atoms with E-state index in [1.54, 1.807) is 13.8 Å². The van der Waals surface area contributed by atoms with Crippen molar-refractivity contribution in [3.8, 4) is 0 Å². The molecule has 0 spiro atoms. The highest BCUT2D eigenvalue weighted by Crippen LogP contribution is 2.51. The zero-order valence-corrected chi connectivity index (χ0v) is 23.7. The van der Waals surface area contributed by atoms with E-state index < -0.39 is 83.4 Å². The van der Waals surface area contributed by atoms with Crippen LogP contribution in [0.1, 0.15) is 44.2 Å². The standard InChI is InChI=1S/C27H32F5NO5S2/c1-4-13-33(39(35,36)17-18(2)3)25-11-12-26(15-19(25)16-34,23-14-21(28)7-10-24(23)29)40(37,38)22-8-5-20(6-9-22)27(30,31)32/h4-10,14,18-19,25,34H,1,11-13,15-17H2,2-3H3. The van der Waals surface area contributed by atoms with Crippen LogP contribution in [0, 0.1) is 23.5 Å². The minimum absolute atomic E-state index is 0.122. The second kappa shape index (κ2) is 11.9. The molecule has 0 amide bonds. The summed E-state index contributed by atoms with van der Waals surface area (Å²) in [6.07, 6.45) is -4.43. The fraction of sp³-hybridized carbons (Fsp3) is 0.481. The number of nitrogens with zero attached hydrogens (tertiary/aromatic N) is 1. The summed E-state index contributed by atoms with van der Waals surface area (Å²) in [6, 6.07) is 4.08. The van der Waals surface area contributed by atoms with Gasteiger partial charge in [-0.3, -0.25) is 0 Å². The predicted molar refractivity (Wildman–Crippen MR) is 140 cm³/mol. The van der Waals surface area contributed by atoms with Gasteiger partial charge in [0.25, 0.3) is 0 Å². The molecule has 1 aliphatic carbocycles. The molecule has 0 radical (unpaired) electrons. The summed E-state index contributed by atoms with van der Waals surface area (Å²) in [7, 11) is -8.60. The van der Waals surface area contributed by atoms with Gasteiger partial charge in [0.1, 0.15) is 16.4 Å². The molecule has 0 aliphatic heterocycles. The highest BCUT2D eigenvalue weighted by Gasteiger charge is 2.54. The quantitative estimate of drug-likeness (QED) is 0.292. The van der Waals surface area contributed by atoms with Crippen LogP contribution in [0.15, 0.2) is 60.0 Å². The van der Waals surface area contributed by atoms with Gasteiger partial charge in [-0.25, -0.2) is 25.6 Å². The number of alkyl halides is 3. The highest BCUT2D eigenvalue weighted by molar-refractivity contribution is 7.92. The largest absolute Gasteiger partial charge is 0.416 e. The number of benzene rings is 2. The second-order valence-corrected chi connectivity index (χ2v) is 14.7. The van der Waals surface area contributed by atoms with E-state index in [9.17, 15) is 39.5 Å². The van der Waals surface area contributed by atoms with Crippen molar-refractivity contribution in [1.29, 1.82) is 0 Å². The topological polar surface area (TPSA) is 91.8 Å². The van der Waals surface area contributed by atoms with Crippen LogP contribution in [-0.2, 0) is 30.8 Å². The first kappa shape index (κ1) is 32.2. The molecule has 3 atom stereocenters. The molecular formula is C27H32F5NO5S2. The van der Waals surface area contributed by atoms with Crippen LogP contribution in [0.4, 0.5) is 22.0 Å². The summed E-state index contributed by atoms with van der Waals surface area (Å²) in [4.78, 5) is -0.547. The van der Waals surface area contributed by atoms with E-state index in [1.165, 1.54) is 6.08 Å². The summed E-state index contributed by atoms with van der Waals surface area (Å²) in [6.45, 7) is 6.22. The summed E-state index contributed by atoms with van der Waals surface area (Å²) in [5.41, 5.74) is -1.63. The number of halogens is 5. The van der Waals surface area contributed by atoms with Gasteiger partial charge in [0.15, 0.2) is 9.84 Å². The summed E-state index contributed by atoms with van der Waals surface area (Å²) in [5.74, 6) is -3.49. The minimum atomic E-state index is -4.73. The molecule has 1 saturated carbocycles. The molecule has 0 bridgehead atoms. The Morgan fingerprint density at radius 1 is 1.10 bits per heavy atom. The van der Waals surface area contributed by atoms with Crippen molar-refractivity contribution in [2.24, 2.45) is 11.8 Å². The van der Waals surface area contributed by atoms with Crippen molar-refractivity contribution in [2.45, 2.75) is 55.0 Å². The predicted octanol–water partition coefficient (Wildman–Crippen LogP) is 5.29. The van der Waals surface area contributed by atoms with Crippen LogP contribution in [0.3, 0.4) is 0 Å². The van der Waals surface area contributed by atoms with Gasteiger partial charge in [-0.1, -0.05) is 19.9 Å². The summed E-state index contributed by atoms with van der Waals surface area (Å²) in [5, 5.41) is 10.4. The van der Waals surface area contributed by atoms with Crippen LogP contribution in [0.5, 0.6) is 0 Å². The van der Waals surface area contributed by atoms with E-state index in [4.69, 9.17) is 0 Å². The Hall–Kier alpha value is -2.35. The highest BCUT2D eigenvalue weighted by atomic mass is 32.2. The monoisotopic (exact) mass is 609 g/mol. The Bertz CT molecular complexity index is 1430. The molecule has 1 N–H and O–H groups in total. The maximum atomic E-state index is 15.2. The van der Waals surface area contributed by atoms with Gasteiger partial charge in [0, 0.05) is 30.7 Å². The lowest BCUT2D eigenvalue weighted by atomic mass is 9.74. The average Bonchev–Trinajstić information content (AvgIpc) is 2.87. The molecule has 0 saturated heterocycles. The Morgan fingerprint density at radius 3 is 2.25 bits per heavy atom. The van der Waals surface area contributed by atoms with Crippen molar-refractivity contribution < 1.29 is 43.9 Å². The minimum Gasteiger partial charge on any atom is -0.396 e. The van der Waals surface area contributed by atoms with Crippen LogP contribution < -0.4 is 0 Å². The molecule has 40 heavy (non-hydrogen) atoms. The normalized spacial score (nSPS) is 22.6. The third-order valence-electron chi connectivity index (χ3n) is 7.22. The molecule has 1 aliphatic rings. The van der Waals surface area contributed by atoms with Crippen molar-refractivity contribution in [2.75, 3.05) is 18.9 Å². The van der Waals surface area contributed by atoms with Gasteiger partial charge in [-0.15, -0.1) is 6.58 Å². The van der Waals surface area contributed by atoms with E-state index >= 15 is 4.39 Å². The van der Waals surface area contributed by atoms with E-state index in [1.807, 2.05) is 0 Å². The fourth-order valence-electron chi connectivity index (χ4n) is 5.47. The zero-order valence-electron chi connectivity index (χ0n) is 22.0. The first-order chi connectivity index (χ1) is 18.5. The number of hydrogen-bond acceptors (Lipinski definition) is 5. The van der Waals surface area contributed by atoms with E-state index in [0.717, 1.165) is 34.6 Å². The maximum absolute atomic E-state index is 15.2. The summed E-state index contributed by atoms with van der Waals surface area (Å²) >= 11 is 0. The lowest BCUT2D eigenvalue weighted by Gasteiger charge is -2.47. The second-order valence-electron chi connectivity index (χ2n) is 10.4. The van der Waals surface area contributed by atoms with Crippen LogP contribution in [0.2, 0.25) is 0 Å². The Morgan fingerprint density at radius 2 is 1.73 bits per heavy atom. The van der Waals surface area contributed by atoms with Crippen LogP contribution >= 0.6 is 0 Å². The van der Waals surface area contributed by atoms with Gasteiger partial charge in [0.05, 0.1) is 16.2 Å². The van der Waals surface area contributed by atoms with E-state index in [0.29, 0.717) is 12.1 Å². The first-order valence-corrected chi connectivity index (χ1v) is 15.7. The van der Waals surface area contributed by atoms with E-state index in [-0.39, 0.29) is 31.1 Å². The lowest BCUT2D eigenvalue weighted by Crippen LogP contribution is -2.54. The molecular weight excluding hydrogens is 577 g/mol. The number of aliphatic hydroxyl groups excluding tert-OH is 1. The van der Waals surface area contributed by atoms with Crippen molar-refractivity contribution in [3.63, 3.8) is 0 Å². The lowest BCUT2D eigenvalue weighted by molar-refractivity contribution is -0.137. The number of sulfonamides is 1. The Labute approximate surface area is 231 Å². The number of hydrogen-bond donors (Lipinski definition) is 1. The molecule has 3 rings (SSSR count). The molecule has 2 aromatic rings. The van der Waals surface area contributed by atoms with Crippen molar-refractivity contribution >= 4 is 19.9 Å². The molecule has 0 heterocycles. The van der Waals surface area contributed by atoms with Crippen molar-refractivity contribution in [3.05, 3.63) is 77.9 Å². The number of aliphatic hydroxyl groups is 1. The van der Waals surface area contributed by atoms with Crippen molar-refractivity contribution in [1.82, 2.24) is 4.31 Å². The first-order valence-electron chi connectivity index (χ1n) is 12.6. The van der Waals surface area contributed by atoms with Crippen LogP contribution in [-0.4, -0.2) is 51.2 Å². The SMILES string of the molecule is C=CCN(C1CCC(c2cc(F)ccc2F)(S(=O)(=O)c2ccc(C(F)(F)F)cc2)CC1CO)S(=O)(=O)CC(C)C. The molecule has 3 unspecified atom stereocenters. The van der Waals surface area contributed by atoms with Gasteiger partial charge < -0.3 is 5.11 Å². The molecule has 2 aromatic carbocycles. The zero-order chi connectivity index (χ0) is 30.1. The van der Waals surface area contributed by atoms with Gasteiger partial charge in [0.2, 0.25) is 10.0 Å². The summed E-state index contributed by atoms with van der Waals surface area (Å²) < 4.78 is 123. The number of sulfone groups is 1. The van der Waals surface area contributed by atoms with Gasteiger partial charge >= 0.3 is 6.18 Å². The Balaban J connectivity index is 2.19. The molecule has 0 aromatic heterocycles. The molecule has 222 valence electrons. The molecule has 13 heteroatoms. The number of rotatable bonds is 10. The van der Waals surface area contributed by atoms with Crippen LogP contribution in [0.25, 0.3) is 0 Å². The van der Waals surface area contributed by atoms with E-state index in [2.05, 4.69) is 6.58 Å². The van der Waals surface area contributed by atoms with Gasteiger partial charge in [-0.2, -0.15) is 17.5 Å². The average molecular weight is 610 g/mol.